The average molecular weight is 353 g/mol. The van der Waals surface area contributed by atoms with Crippen molar-refractivity contribution >= 4 is 29.3 Å². The molecule has 3 rings (SSSR count). The number of nitrogens with two attached hydrogens (primary N) is 1. The molecule has 0 unspecified atom stereocenters. The third-order valence-corrected chi connectivity index (χ3v) is 4.22. The van der Waals surface area contributed by atoms with Crippen LogP contribution in [0.2, 0.25) is 0 Å². The molecule has 0 bridgehead atoms. The fraction of sp³-hybridized carbons (Fsp3) is 0.222. The van der Waals surface area contributed by atoms with Crippen molar-refractivity contribution in [3.05, 3.63) is 53.7 Å². The summed E-state index contributed by atoms with van der Waals surface area (Å²) in [4.78, 5) is 30.8. The van der Waals surface area contributed by atoms with Gasteiger partial charge in [0.15, 0.2) is 0 Å². The number of aromatic nitrogens is 1. The van der Waals surface area contributed by atoms with Crippen LogP contribution >= 0.6 is 0 Å². The summed E-state index contributed by atoms with van der Waals surface area (Å²) in [7, 11) is 0. The molecular formula is C18H19N5O3. The van der Waals surface area contributed by atoms with Gasteiger partial charge in [-0.05, 0) is 36.2 Å². The molecule has 1 aliphatic rings. The van der Waals surface area contributed by atoms with Crippen LogP contribution < -0.4 is 15.5 Å². The fourth-order valence-electron chi connectivity index (χ4n) is 2.79. The van der Waals surface area contributed by atoms with Gasteiger partial charge in [-0.2, -0.15) is 0 Å². The number of nitrogens with one attached hydrogen (secondary N) is 1. The quantitative estimate of drug-likeness (QED) is 0.540. The number of pyridine rings is 1. The van der Waals surface area contributed by atoms with E-state index in [9.17, 15) is 9.59 Å². The number of nitrogen functional groups attached to an aromatic ring is 1. The Labute approximate surface area is 150 Å². The van der Waals surface area contributed by atoms with E-state index in [1.54, 1.807) is 21.9 Å². The zero-order valence-electron chi connectivity index (χ0n) is 14.1. The summed E-state index contributed by atoms with van der Waals surface area (Å²) in [6, 6.07) is 10.5. The molecule has 8 nitrogen and oxygen atoms in total. The Morgan fingerprint density at radius 2 is 1.85 bits per heavy atom. The Balaban J connectivity index is 1.70. The highest BCUT2D eigenvalue weighted by Crippen LogP contribution is 2.24. The number of benzene rings is 1. The van der Waals surface area contributed by atoms with Gasteiger partial charge in [-0.15, -0.1) is 0 Å². The molecule has 0 atom stereocenters. The molecule has 1 saturated heterocycles. The summed E-state index contributed by atoms with van der Waals surface area (Å²) >= 11 is 0. The molecule has 0 spiro atoms. The lowest BCUT2D eigenvalue weighted by atomic mass is 10.1. The molecule has 1 fully saturated rings. The largest absolute Gasteiger partial charge is 0.481 e. The van der Waals surface area contributed by atoms with Crippen molar-refractivity contribution in [2.45, 2.75) is 12.8 Å². The third kappa shape index (κ3) is 3.64. The number of anilines is 2. The van der Waals surface area contributed by atoms with Crippen LogP contribution in [0, 0.1) is 5.41 Å². The van der Waals surface area contributed by atoms with Gasteiger partial charge in [0.25, 0.3) is 0 Å². The molecule has 26 heavy (non-hydrogen) atoms. The highest BCUT2D eigenvalue weighted by Gasteiger charge is 2.31. The van der Waals surface area contributed by atoms with Crippen LogP contribution in [0.15, 0.2) is 42.6 Å². The Morgan fingerprint density at radius 3 is 2.42 bits per heavy atom. The summed E-state index contributed by atoms with van der Waals surface area (Å²) in [5, 5.41) is 16.1. The predicted molar refractivity (Wildman–Crippen MR) is 97.7 cm³/mol. The van der Waals surface area contributed by atoms with Gasteiger partial charge in [-0.3, -0.25) is 20.0 Å². The van der Waals surface area contributed by atoms with E-state index in [0.29, 0.717) is 30.9 Å². The minimum absolute atomic E-state index is 0.0681. The summed E-state index contributed by atoms with van der Waals surface area (Å²) in [5.41, 5.74) is 7.60. The molecule has 2 heterocycles. The number of amides is 2. The van der Waals surface area contributed by atoms with Crippen molar-refractivity contribution in [3.8, 4) is 0 Å². The van der Waals surface area contributed by atoms with Gasteiger partial charge in [-0.25, -0.2) is 9.78 Å². The minimum Gasteiger partial charge on any atom is -0.481 e. The van der Waals surface area contributed by atoms with Gasteiger partial charge >= 0.3 is 12.0 Å². The van der Waals surface area contributed by atoms with Crippen LogP contribution in [0.5, 0.6) is 0 Å². The average Bonchev–Trinajstić information content (AvgIpc) is 3.02. The molecule has 134 valence electrons. The normalized spacial score (nSPS) is 13.9. The molecule has 8 heteroatoms. The Hall–Kier alpha value is -3.42. The van der Waals surface area contributed by atoms with E-state index in [0.717, 1.165) is 11.3 Å². The number of rotatable bonds is 6. The van der Waals surface area contributed by atoms with Crippen LogP contribution in [0.3, 0.4) is 0 Å². The maximum atomic E-state index is 12.7. The molecule has 1 aromatic carbocycles. The van der Waals surface area contributed by atoms with Crippen molar-refractivity contribution < 1.29 is 14.7 Å². The number of carbonyl (C=O) groups excluding carboxylic acids is 1. The van der Waals surface area contributed by atoms with Crippen molar-refractivity contribution in [3.63, 3.8) is 0 Å². The molecular weight excluding hydrogens is 334 g/mol. The van der Waals surface area contributed by atoms with E-state index in [-0.39, 0.29) is 18.3 Å². The van der Waals surface area contributed by atoms with Gasteiger partial charge in [0.05, 0.1) is 0 Å². The van der Waals surface area contributed by atoms with Crippen LogP contribution in [-0.2, 0) is 11.2 Å². The highest BCUT2D eigenvalue weighted by atomic mass is 16.4. The second-order valence-electron chi connectivity index (χ2n) is 5.96. The minimum atomic E-state index is -0.831. The number of hydrogen-bond acceptors (Lipinski definition) is 4. The smallest absolute Gasteiger partial charge is 0.330 e. The van der Waals surface area contributed by atoms with E-state index in [4.69, 9.17) is 16.2 Å². The Kier molecular flexibility index (Phi) is 4.83. The van der Waals surface area contributed by atoms with Crippen molar-refractivity contribution in [2.75, 3.05) is 22.9 Å². The zero-order valence-corrected chi connectivity index (χ0v) is 14.1. The standard InChI is InChI=1S/C18H19N5O3/c19-17(20)13-4-7-15(21-11-13)23-10-9-22(18(23)26)14-5-1-12(2-6-14)3-8-16(24)25/h1-2,4-7,11H,3,8-10H2,(H3,19,20)(H,24,25). The molecule has 0 radical (unpaired) electrons. The first-order chi connectivity index (χ1) is 12.5. The first-order valence-electron chi connectivity index (χ1n) is 8.16. The van der Waals surface area contributed by atoms with Gasteiger partial charge < -0.3 is 10.8 Å². The summed E-state index contributed by atoms with van der Waals surface area (Å²) in [6.45, 7) is 1.04. The second-order valence-corrected chi connectivity index (χ2v) is 5.96. The first kappa shape index (κ1) is 17.4. The van der Waals surface area contributed by atoms with Crippen LogP contribution in [0.25, 0.3) is 0 Å². The van der Waals surface area contributed by atoms with E-state index < -0.39 is 5.97 Å². The number of amidine groups is 1. The fourth-order valence-corrected chi connectivity index (χ4v) is 2.79. The Morgan fingerprint density at radius 1 is 1.15 bits per heavy atom. The molecule has 0 aliphatic carbocycles. The van der Waals surface area contributed by atoms with E-state index >= 15 is 0 Å². The molecule has 2 amide bonds. The zero-order chi connectivity index (χ0) is 18.7. The lowest BCUT2D eigenvalue weighted by Crippen LogP contribution is -2.32. The lowest BCUT2D eigenvalue weighted by Gasteiger charge is -2.18. The number of carbonyl (C=O) groups is 2. The van der Waals surface area contributed by atoms with Gasteiger partial charge in [0.1, 0.15) is 11.7 Å². The van der Waals surface area contributed by atoms with E-state index in [1.807, 2.05) is 24.3 Å². The van der Waals surface area contributed by atoms with Crippen LogP contribution in [0.1, 0.15) is 17.5 Å². The molecule has 4 N–H and O–H groups in total. The number of nitrogens with zero attached hydrogens (tertiary/aromatic N) is 3. The van der Waals surface area contributed by atoms with Crippen LogP contribution in [-0.4, -0.2) is 41.0 Å². The summed E-state index contributed by atoms with van der Waals surface area (Å²) < 4.78 is 0. The first-order valence-corrected chi connectivity index (χ1v) is 8.16. The maximum Gasteiger partial charge on any atom is 0.330 e. The summed E-state index contributed by atoms with van der Waals surface area (Å²) in [5.74, 6) is -0.385. The van der Waals surface area contributed by atoms with Gasteiger partial charge in [-0.1, -0.05) is 12.1 Å². The van der Waals surface area contributed by atoms with Gasteiger partial charge in [0, 0.05) is 37.0 Å². The number of hydrogen-bond donors (Lipinski definition) is 3. The molecule has 1 aliphatic heterocycles. The van der Waals surface area contributed by atoms with Crippen molar-refractivity contribution in [2.24, 2.45) is 5.73 Å². The van der Waals surface area contributed by atoms with Crippen LogP contribution in [0.4, 0.5) is 16.3 Å². The molecule has 0 saturated carbocycles. The van der Waals surface area contributed by atoms with E-state index in [2.05, 4.69) is 4.98 Å². The SMILES string of the molecule is N=C(N)c1ccc(N2CCN(c3ccc(CCC(=O)O)cc3)C2=O)nc1. The predicted octanol–water partition coefficient (Wildman–Crippen LogP) is 1.83. The van der Waals surface area contributed by atoms with Crippen molar-refractivity contribution in [1.82, 2.24) is 4.98 Å². The number of aliphatic carboxylic acids is 1. The second kappa shape index (κ2) is 7.22. The Bertz CT molecular complexity index is 833. The topological polar surface area (TPSA) is 124 Å². The monoisotopic (exact) mass is 353 g/mol. The van der Waals surface area contributed by atoms with E-state index in [1.165, 1.54) is 6.20 Å². The number of urea groups is 1. The third-order valence-electron chi connectivity index (χ3n) is 4.22. The molecule has 2 aromatic rings. The van der Waals surface area contributed by atoms with Crippen molar-refractivity contribution in [1.29, 1.82) is 5.41 Å². The number of carboxylic acid groups (broad SMARTS) is 1. The number of carboxylic acids is 1. The number of aryl methyl sites for hydroxylation is 1. The molecule has 1 aromatic heterocycles. The summed E-state index contributed by atoms with van der Waals surface area (Å²) in [6.07, 6.45) is 2.02. The highest BCUT2D eigenvalue weighted by molar-refractivity contribution is 6.05. The lowest BCUT2D eigenvalue weighted by molar-refractivity contribution is -0.136. The maximum absolute atomic E-state index is 12.7. The van der Waals surface area contributed by atoms with Gasteiger partial charge in [0.2, 0.25) is 0 Å².